The van der Waals surface area contributed by atoms with E-state index in [2.05, 4.69) is 12.2 Å². The zero-order valence-electron chi connectivity index (χ0n) is 12.7. The van der Waals surface area contributed by atoms with Gasteiger partial charge in [0.1, 0.15) is 5.75 Å². The lowest BCUT2D eigenvalue weighted by Gasteiger charge is -2.27. The molecule has 1 saturated carbocycles. The van der Waals surface area contributed by atoms with Crippen molar-refractivity contribution >= 4 is 5.91 Å². The number of nitrogens with one attached hydrogen (secondary N) is 1. The van der Waals surface area contributed by atoms with Gasteiger partial charge >= 0.3 is 0 Å². The summed E-state index contributed by atoms with van der Waals surface area (Å²) in [5.74, 6) is 1.51. The Morgan fingerprint density at radius 1 is 1.38 bits per heavy atom. The van der Waals surface area contributed by atoms with Crippen LogP contribution in [0.1, 0.15) is 38.2 Å². The summed E-state index contributed by atoms with van der Waals surface area (Å²) in [6.07, 6.45) is 5.48. The van der Waals surface area contributed by atoms with Crippen molar-refractivity contribution in [2.75, 3.05) is 6.54 Å². The highest BCUT2D eigenvalue weighted by atomic mass is 16.3. The summed E-state index contributed by atoms with van der Waals surface area (Å²) in [6, 6.07) is 6.29. The number of nitrogens with two attached hydrogens (primary N) is 1. The maximum absolute atomic E-state index is 12.1. The third-order valence-electron chi connectivity index (χ3n) is 4.34. The first kappa shape index (κ1) is 15.8. The Kier molecular flexibility index (Phi) is 5.62. The molecule has 4 N–H and O–H groups in total. The Balaban J connectivity index is 1.75. The lowest BCUT2D eigenvalue weighted by atomic mass is 9.82. The van der Waals surface area contributed by atoms with E-state index in [1.165, 1.54) is 25.7 Å². The molecular weight excluding hydrogens is 264 g/mol. The van der Waals surface area contributed by atoms with Gasteiger partial charge < -0.3 is 16.2 Å². The first-order valence-corrected chi connectivity index (χ1v) is 7.86. The van der Waals surface area contributed by atoms with Crippen LogP contribution in [0.5, 0.6) is 5.75 Å². The molecular formula is C17H26N2O2. The van der Waals surface area contributed by atoms with Crippen LogP contribution in [0.15, 0.2) is 24.3 Å². The van der Waals surface area contributed by atoms with Crippen LogP contribution in [-0.2, 0) is 11.2 Å². The van der Waals surface area contributed by atoms with Gasteiger partial charge in [-0.25, -0.2) is 0 Å². The van der Waals surface area contributed by atoms with Crippen LogP contribution >= 0.6 is 0 Å². The lowest BCUT2D eigenvalue weighted by Crippen LogP contribution is -2.44. The maximum Gasteiger partial charge on any atom is 0.237 e. The molecule has 4 heteroatoms. The highest BCUT2D eigenvalue weighted by molar-refractivity contribution is 5.81. The van der Waals surface area contributed by atoms with Crippen molar-refractivity contribution in [1.82, 2.24) is 5.32 Å². The fraction of sp³-hybridized carbons (Fsp3) is 0.588. The number of amides is 1. The Morgan fingerprint density at radius 3 is 2.76 bits per heavy atom. The molecule has 0 aliphatic heterocycles. The van der Waals surface area contributed by atoms with E-state index in [-0.39, 0.29) is 11.7 Å². The molecule has 0 bridgehead atoms. The van der Waals surface area contributed by atoms with Crippen molar-refractivity contribution in [2.45, 2.75) is 45.1 Å². The predicted octanol–water partition coefficient (Wildman–Crippen LogP) is 2.20. The standard InChI is InChI=1S/C17H26N2O2/c1-12-3-2-4-14(9-12)11-19-17(21)16(18)10-13-5-7-15(20)8-6-13/h5-8,12,14,16,20H,2-4,9-11,18H2,1H3,(H,19,21)/t12?,14?,16-/m1/s1. The minimum Gasteiger partial charge on any atom is -0.508 e. The van der Waals surface area contributed by atoms with E-state index in [0.717, 1.165) is 18.0 Å². The minimum atomic E-state index is -0.532. The van der Waals surface area contributed by atoms with Gasteiger partial charge in [0.2, 0.25) is 5.91 Å². The highest BCUT2D eigenvalue weighted by Crippen LogP contribution is 2.27. The van der Waals surface area contributed by atoms with Crippen LogP contribution in [-0.4, -0.2) is 23.6 Å². The van der Waals surface area contributed by atoms with Crippen molar-refractivity contribution in [2.24, 2.45) is 17.6 Å². The van der Waals surface area contributed by atoms with E-state index in [1.807, 2.05) is 0 Å². The summed E-state index contributed by atoms with van der Waals surface area (Å²) in [7, 11) is 0. The molecule has 0 spiro atoms. The first-order valence-electron chi connectivity index (χ1n) is 7.86. The summed E-state index contributed by atoms with van der Waals surface area (Å²) < 4.78 is 0. The molecule has 1 amide bonds. The van der Waals surface area contributed by atoms with E-state index < -0.39 is 6.04 Å². The number of benzene rings is 1. The van der Waals surface area contributed by atoms with Gasteiger partial charge in [-0.05, 0) is 48.8 Å². The van der Waals surface area contributed by atoms with Gasteiger partial charge in [-0.2, -0.15) is 0 Å². The second kappa shape index (κ2) is 7.46. The molecule has 0 radical (unpaired) electrons. The maximum atomic E-state index is 12.1. The fourth-order valence-corrected chi connectivity index (χ4v) is 3.10. The Morgan fingerprint density at radius 2 is 2.10 bits per heavy atom. The normalized spacial score (nSPS) is 23.5. The summed E-state index contributed by atoms with van der Waals surface area (Å²) in [4.78, 5) is 12.1. The summed E-state index contributed by atoms with van der Waals surface area (Å²) in [5, 5.41) is 12.2. The number of aromatic hydroxyl groups is 1. The van der Waals surface area contributed by atoms with E-state index >= 15 is 0 Å². The topological polar surface area (TPSA) is 75.4 Å². The summed E-state index contributed by atoms with van der Waals surface area (Å²) >= 11 is 0. The van der Waals surface area contributed by atoms with Crippen molar-refractivity contribution in [3.05, 3.63) is 29.8 Å². The molecule has 3 atom stereocenters. The number of carbonyl (C=O) groups is 1. The van der Waals surface area contributed by atoms with Gasteiger partial charge in [0.15, 0.2) is 0 Å². The SMILES string of the molecule is CC1CCCC(CNC(=O)[C@H](N)Cc2ccc(O)cc2)C1. The number of hydrogen-bond donors (Lipinski definition) is 3. The lowest BCUT2D eigenvalue weighted by molar-refractivity contribution is -0.122. The van der Waals surface area contributed by atoms with Crippen LogP contribution in [0.4, 0.5) is 0 Å². The second-order valence-corrected chi connectivity index (χ2v) is 6.36. The Hall–Kier alpha value is -1.55. The highest BCUT2D eigenvalue weighted by Gasteiger charge is 2.20. The number of hydrogen-bond acceptors (Lipinski definition) is 3. The van der Waals surface area contributed by atoms with Crippen molar-refractivity contribution in [3.63, 3.8) is 0 Å². The number of phenols is 1. The minimum absolute atomic E-state index is 0.0821. The Bertz CT molecular complexity index is 458. The molecule has 0 saturated heterocycles. The number of rotatable bonds is 5. The zero-order chi connectivity index (χ0) is 15.2. The van der Waals surface area contributed by atoms with E-state index in [9.17, 15) is 9.90 Å². The van der Waals surface area contributed by atoms with Crippen LogP contribution in [0, 0.1) is 11.8 Å². The van der Waals surface area contributed by atoms with Crippen molar-refractivity contribution in [1.29, 1.82) is 0 Å². The van der Waals surface area contributed by atoms with Crippen LogP contribution in [0.25, 0.3) is 0 Å². The molecule has 1 aromatic carbocycles. The van der Waals surface area contributed by atoms with Crippen molar-refractivity contribution in [3.8, 4) is 5.75 Å². The summed E-state index contributed by atoms with van der Waals surface area (Å²) in [6.45, 7) is 3.02. The van der Waals surface area contributed by atoms with E-state index in [0.29, 0.717) is 12.3 Å². The molecule has 116 valence electrons. The van der Waals surface area contributed by atoms with Crippen LogP contribution in [0.2, 0.25) is 0 Å². The molecule has 1 fully saturated rings. The van der Waals surface area contributed by atoms with E-state index in [4.69, 9.17) is 5.73 Å². The monoisotopic (exact) mass is 290 g/mol. The van der Waals surface area contributed by atoms with Crippen LogP contribution < -0.4 is 11.1 Å². The molecule has 2 unspecified atom stereocenters. The molecule has 1 aliphatic rings. The third-order valence-corrected chi connectivity index (χ3v) is 4.34. The summed E-state index contributed by atoms with van der Waals surface area (Å²) in [5.41, 5.74) is 6.92. The second-order valence-electron chi connectivity index (χ2n) is 6.36. The molecule has 1 aromatic rings. The fourth-order valence-electron chi connectivity index (χ4n) is 3.10. The quantitative estimate of drug-likeness (QED) is 0.778. The largest absolute Gasteiger partial charge is 0.508 e. The van der Waals surface area contributed by atoms with E-state index in [1.54, 1.807) is 24.3 Å². The van der Waals surface area contributed by atoms with Crippen molar-refractivity contribution < 1.29 is 9.90 Å². The van der Waals surface area contributed by atoms with Gasteiger partial charge in [-0.15, -0.1) is 0 Å². The zero-order valence-corrected chi connectivity index (χ0v) is 12.7. The van der Waals surface area contributed by atoms with Gasteiger partial charge in [-0.1, -0.05) is 31.9 Å². The molecule has 0 heterocycles. The molecule has 1 aliphatic carbocycles. The first-order chi connectivity index (χ1) is 10.0. The Labute approximate surface area is 126 Å². The average Bonchev–Trinajstić information content (AvgIpc) is 2.47. The smallest absolute Gasteiger partial charge is 0.237 e. The number of carbonyl (C=O) groups excluding carboxylic acids is 1. The van der Waals surface area contributed by atoms with Gasteiger partial charge in [-0.3, -0.25) is 4.79 Å². The van der Waals surface area contributed by atoms with Gasteiger partial charge in [0.05, 0.1) is 6.04 Å². The molecule has 2 rings (SSSR count). The molecule has 4 nitrogen and oxygen atoms in total. The number of phenolic OH excluding ortho intramolecular Hbond substituents is 1. The molecule has 21 heavy (non-hydrogen) atoms. The van der Waals surface area contributed by atoms with Gasteiger partial charge in [0, 0.05) is 6.54 Å². The average molecular weight is 290 g/mol. The molecule has 0 aromatic heterocycles. The van der Waals surface area contributed by atoms with Gasteiger partial charge in [0.25, 0.3) is 0 Å². The van der Waals surface area contributed by atoms with Crippen LogP contribution in [0.3, 0.4) is 0 Å². The third kappa shape index (κ3) is 5.05. The predicted molar refractivity (Wildman–Crippen MR) is 83.9 cm³/mol.